The zero-order chi connectivity index (χ0) is 24.5. The van der Waals surface area contributed by atoms with Gasteiger partial charge in [-0.1, -0.05) is 18.2 Å². The van der Waals surface area contributed by atoms with Crippen molar-refractivity contribution in [3.05, 3.63) is 53.6 Å². The first kappa shape index (κ1) is 24.1. The topological polar surface area (TPSA) is 101 Å². The van der Waals surface area contributed by atoms with E-state index in [9.17, 15) is 18.4 Å². The lowest BCUT2D eigenvalue weighted by atomic mass is 10.0. The Kier molecular flexibility index (Phi) is 6.87. The van der Waals surface area contributed by atoms with E-state index >= 15 is 0 Å². The molecule has 1 N–H and O–H groups in total. The summed E-state index contributed by atoms with van der Waals surface area (Å²) in [5, 5.41) is 2.67. The van der Waals surface area contributed by atoms with E-state index in [0.717, 1.165) is 0 Å². The summed E-state index contributed by atoms with van der Waals surface area (Å²) in [5.74, 6) is -3.35. The van der Waals surface area contributed by atoms with E-state index in [0.29, 0.717) is 17.0 Å². The van der Waals surface area contributed by atoms with Crippen molar-refractivity contribution in [1.29, 1.82) is 0 Å². The van der Waals surface area contributed by atoms with Crippen molar-refractivity contribution in [1.82, 2.24) is 30.1 Å². The molecule has 2 atom stereocenters. The molecule has 180 valence electrons. The van der Waals surface area contributed by atoms with Crippen LogP contribution in [0, 0.1) is 0 Å². The van der Waals surface area contributed by atoms with E-state index < -0.39 is 18.1 Å². The van der Waals surface area contributed by atoms with Crippen molar-refractivity contribution >= 4 is 23.4 Å². The molecule has 34 heavy (non-hydrogen) atoms. The van der Waals surface area contributed by atoms with E-state index in [1.807, 2.05) is 0 Å². The summed E-state index contributed by atoms with van der Waals surface area (Å²) in [6, 6.07) is 4.82. The molecule has 0 radical (unpaired) electrons. The van der Waals surface area contributed by atoms with Gasteiger partial charge in [0.25, 0.3) is 11.8 Å². The van der Waals surface area contributed by atoms with Crippen LogP contribution in [0.4, 0.5) is 8.78 Å². The molecular formula is C22H23ClF2N6O3. The smallest absolute Gasteiger partial charge is 0.272 e. The maximum absolute atomic E-state index is 13.3. The highest BCUT2D eigenvalue weighted by Gasteiger charge is 2.45. The summed E-state index contributed by atoms with van der Waals surface area (Å²) in [6.45, 7) is 3.63. The van der Waals surface area contributed by atoms with Crippen molar-refractivity contribution in [2.75, 3.05) is 39.8 Å². The summed E-state index contributed by atoms with van der Waals surface area (Å²) in [6.07, 6.45) is 1.41. The third-order valence-electron chi connectivity index (χ3n) is 5.60. The van der Waals surface area contributed by atoms with Gasteiger partial charge in [0, 0.05) is 20.1 Å². The van der Waals surface area contributed by atoms with Gasteiger partial charge >= 0.3 is 0 Å². The number of aromatic nitrogens is 3. The predicted molar refractivity (Wildman–Crippen MR) is 119 cm³/mol. The largest absolute Gasteiger partial charge is 0.365 e. The summed E-state index contributed by atoms with van der Waals surface area (Å²) < 4.78 is 32.8. The lowest BCUT2D eigenvalue weighted by Crippen LogP contribution is -2.60. The summed E-state index contributed by atoms with van der Waals surface area (Å²) in [5.41, 5.74) is 1.57. The third-order valence-corrected chi connectivity index (χ3v) is 5.80. The number of nitrogens with zero attached hydrogens (tertiary/aromatic N) is 5. The molecule has 2 aliphatic rings. The molecule has 2 saturated heterocycles. The van der Waals surface area contributed by atoms with Crippen molar-refractivity contribution in [3.8, 4) is 11.4 Å². The molecule has 2 aliphatic heterocycles. The van der Waals surface area contributed by atoms with E-state index in [1.54, 1.807) is 21.9 Å². The quantitative estimate of drug-likeness (QED) is 0.486. The van der Waals surface area contributed by atoms with Gasteiger partial charge in [-0.2, -0.15) is 0 Å². The first-order valence-electron chi connectivity index (χ1n) is 10.6. The minimum Gasteiger partial charge on any atom is -0.365 e. The first-order valence-corrected chi connectivity index (χ1v) is 10.9. The monoisotopic (exact) mass is 492 g/mol. The summed E-state index contributed by atoms with van der Waals surface area (Å²) >= 11 is 6.28. The second kappa shape index (κ2) is 9.69. The van der Waals surface area contributed by atoms with Gasteiger partial charge in [-0.3, -0.25) is 14.5 Å². The summed E-state index contributed by atoms with van der Waals surface area (Å²) in [4.78, 5) is 39.9. The number of ether oxygens (including phenoxy) is 1. The van der Waals surface area contributed by atoms with Crippen LogP contribution in [0.15, 0.2) is 37.2 Å². The number of likely N-dealkylation sites (tertiary alicyclic amines) is 1. The molecule has 4 heterocycles. The van der Waals surface area contributed by atoms with Gasteiger partial charge in [0.15, 0.2) is 0 Å². The molecule has 0 saturated carbocycles. The Morgan fingerprint density at radius 3 is 2.71 bits per heavy atom. The zero-order valence-electron chi connectivity index (χ0n) is 18.4. The fourth-order valence-corrected chi connectivity index (χ4v) is 4.26. The fourth-order valence-electron chi connectivity index (χ4n) is 4.04. The molecule has 2 aromatic heterocycles. The lowest BCUT2D eigenvalue weighted by Gasteiger charge is -2.44. The fraction of sp³-hybridized carbons (Fsp3) is 0.409. The Bertz CT molecular complexity index is 1110. The first-order chi connectivity index (χ1) is 16.2. The Hall–Kier alpha value is -3.02. The number of hydrogen-bond acceptors (Lipinski definition) is 7. The Morgan fingerprint density at radius 2 is 2.03 bits per heavy atom. The highest BCUT2D eigenvalue weighted by molar-refractivity contribution is 6.29. The number of morpholine rings is 1. The number of rotatable bonds is 6. The maximum atomic E-state index is 13.3. The van der Waals surface area contributed by atoms with Crippen LogP contribution >= 0.6 is 11.6 Å². The summed E-state index contributed by atoms with van der Waals surface area (Å²) in [7, 11) is 1.49. The minimum atomic E-state index is -2.69. The van der Waals surface area contributed by atoms with Gasteiger partial charge in [-0.05, 0) is 29.8 Å². The van der Waals surface area contributed by atoms with E-state index in [1.165, 1.54) is 25.5 Å². The molecular weight excluding hydrogens is 470 g/mol. The number of amides is 2. The zero-order valence-corrected chi connectivity index (χ0v) is 19.1. The molecule has 4 rings (SSSR count). The lowest BCUT2D eigenvalue weighted by molar-refractivity contribution is -0.165. The van der Waals surface area contributed by atoms with Crippen molar-refractivity contribution in [3.63, 3.8) is 0 Å². The highest BCUT2D eigenvalue weighted by atomic mass is 35.5. The molecule has 0 aromatic carbocycles. The molecule has 9 nitrogen and oxygen atoms in total. The van der Waals surface area contributed by atoms with Gasteiger partial charge in [0.1, 0.15) is 23.3 Å². The van der Waals surface area contributed by atoms with Crippen LogP contribution in [0.3, 0.4) is 0 Å². The maximum Gasteiger partial charge on any atom is 0.272 e. The van der Waals surface area contributed by atoms with Crippen molar-refractivity contribution < 1.29 is 23.1 Å². The number of carbonyl (C=O) groups is 2. The molecule has 0 spiro atoms. The number of carbonyl (C=O) groups excluding carboxylic acids is 2. The van der Waals surface area contributed by atoms with E-state index in [-0.39, 0.29) is 55.4 Å². The van der Waals surface area contributed by atoms with Crippen molar-refractivity contribution in [2.24, 2.45) is 0 Å². The Labute approximate surface area is 199 Å². The molecule has 2 amide bonds. The van der Waals surface area contributed by atoms with Gasteiger partial charge < -0.3 is 15.0 Å². The predicted octanol–water partition coefficient (Wildman–Crippen LogP) is 1.96. The van der Waals surface area contributed by atoms with Crippen LogP contribution in [0.2, 0.25) is 5.15 Å². The molecule has 2 fully saturated rings. The Morgan fingerprint density at radius 1 is 1.26 bits per heavy atom. The van der Waals surface area contributed by atoms with E-state index in [4.69, 9.17) is 16.3 Å². The van der Waals surface area contributed by atoms with Gasteiger partial charge in [-0.25, -0.2) is 23.7 Å². The second-order valence-electron chi connectivity index (χ2n) is 8.20. The van der Waals surface area contributed by atoms with Gasteiger partial charge in [-0.15, -0.1) is 0 Å². The number of pyridine rings is 1. The SMILES string of the molecule is C=CC(=O)N1CC(c2cc(Cl)nc(-c3cc(C(=O)NC)ncn3)c2)O[C@H](CN2CC(F)(F)C2)C1. The highest BCUT2D eigenvalue weighted by Crippen LogP contribution is 2.32. The standard InChI is InChI=1S/C22H23ClF2N6O3/c1-3-20(32)31-8-14(7-30-10-22(24,25)11-30)34-18(9-31)13-4-16(29-19(23)5-13)15-6-17(21(33)26-2)28-12-27-15/h3-6,12,14,18H,1,7-11H2,2H3,(H,26,33)/t14-,18?/m1/s1. The van der Waals surface area contributed by atoms with Crippen LogP contribution < -0.4 is 5.32 Å². The second-order valence-corrected chi connectivity index (χ2v) is 8.58. The van der Waals surface area contributed by atoms with Crippen molar-refractivity contribution in [2.45, 2.75) is 18.1 Å². The molecule has 1 unspecified atom stereocenters. The normalized spacial score (nSPS) is 22.1. The average Bonchev–Trinajstić information content (AvgIpc) is 2.81. The van der Waals surface area contributed by atoms with Crippen LogP contribution in [0.25, 0.3) is 11.4 Å². The van der Waals surface area contributed by atoms with Crippen LogP contribution in [-0.2, 0) is 9.53 Å². The minimum absolute atomic E-state index is 0.166. The van der Waals surface area contributed by atoms with E-state index in [2.05, 4.69) is 26.8 Å². The molecule has 2 aromatic rings. The van der Waals surface area contributed by atoms with Crippen LogP contribution in [-0.4, -0.2) is 88.4 Å². The number of alkyl halides is 2. The third kappa shape index (κ3) is 5.37. The van der Waals surface area contributed by atoms with Crippen LogP contribution in [0.5, 0.6) is 0 Å². The number of hydrogen-bond donors (Lipinski definition) is 1. The molecule has 0 bridgehead atoms. The Balaban J connectivity index is 1.60. The molecule has 0 aliphatic carbocycles. The number of halogens is 3. The average molecular weight is 493 g/mol. The van der Waals surface area contributed by atoms with Gasteiger partial charge in [0.2, 0.25) is 5.91 Å². The molecule has 12 heteroatoms. The van der Waals surface area contributed by atoms with Crippen LogP contribution in [0.1, 0.15) is 22.2 Å². The van der Waals surface area contributed by atoms with Gasteiger partial charge in [0.05, 0.1) is 37.1 Å². The number of nitrogens with one attached hydrogen (secondary N) is 1.